The quantitative estimate of drug-likeness (QED) is 0.680. The average molecular weight is 374 g/mol. The highest BCUT2D eigenvalue weighted by Gasteiger charge is 2.19. The van der Waals surface area contributed by atoms with Crippen molar-refractivity contribution in [2.24, 2.45) is 0 Å². The van der Waals surface area contributed by atoms with Crippen LogP contribution in [0.5, 0.6) is 5.75 Å². The lowest BCUT2D eigenvalue weighted by atomic mass is 10.3. The zero-order chi connectivity index (χ0) is 18.7. The van der Waals surface area contributed by atoms with Gasteiger partial charge >= 0.3 is 5.97 Å². The molecule has 0 saturated carbocycles. The summed E-state index contributed by atoms with van der Waals surface area (Å²) in [6, 6.07) is 13.3. The Balaban J connectivity index is 1.87. The number of benzene rings is 2. The first-order chi connectivity index (χ1) is 12.4. The van der Waals surface area contributed by atoms with Crippen molar-refractivity contribution in [1.29, 1.82) is 0 Å². The van der Waals surface area contributed by atoms with Gasteiger partial charge in [-0.15, -0.1) is 0 Å². The molecule has 0 saturated heterocycles. The lowest BCUT2D eigenvalue weighted by Crippen LogP contribution is -2.16. The van der Waals surface area contributed by atoms with Crippen molar-refractivity contribution in [2.45, 2.75) is 17.9 Å². The standard InChI is InChI=1S/C18H18N2O5S/c1-25-13-6-8-14(9-7-13)26(23,24)11-10-17-19-15-4-2-3-5-16(15)20(17)12-18(21)22/h2-9H,10-12H2,1H3,(H,21,22). The largest absolute Gasteiger partial charge is 0.497 e. The van der Waals surface area contributed by atoms with E-state index in [4.69, 9.17) is 9.84 Å². The molecule has 2 aromatic carbocycles. The van der Waals surface area contributed by atoms with E-state index in [2.05, 4.69) is 4.98 Å². The fourth-order valence-electron chi connectivity index (χ4n) is 2.75. The maximum Gasteiger partial charge on any atom is 0.323 e. The minimum absolute atomic E-state index is 0.121. The van der Waals surface area contributed by atoms with Crippen molar-refractivity contribution >= 4 is 26.8 Å². The zero-order valence-electron chi connectivity index (χ0n) is 14.1. The first-order valence-electron chi connectivity index (χ1n) is 7.93. The van der Waals surface area contributed by atoms with E-state index in [9.17, 15) is 13.2 Å². The van der Waals surface area contributed by atoms with Crippen LogP contribution in [-0.4, -0.2) is 41.9 Å². The SMILES string of the molecule is COc1ccc(S(=O)(=O)CCc2nc3ccccc3n2CC(=O)O)cc1. The number of carbonyl (C=O) groups is 1. The highest BCUT2D eigenvalue weighted by molar-refractivity contribution is 7.91. The van der Waals surface area contributed by atoms with Gasteiger partial charge in [-0.2, -0.15) is 0 Å². The summed E-state index contributed by atoms with van der Waals surface area (Å²) < 4.78 is 31.7. The number of imidazole rings is 1. The summed E-state index contributed by atoms with van der Waals surface area (Å²) >= 11 is 0. The fraction of sp³-hybridized carbons (Fsp3) is 0.222. The van der Waals surface area contributed by atoms with Crippen LogP contribution in [-0.2, 0) is 27.6 Å². The van der Waals surface area contributed by atoms with Gasteiger partial charge in [0.25, 0.3) is 0 Å². The lowest BCUT2D eigenvalue weighted by molar-refractivity contribution is -0.137. The summed E-state index contributed by atoms with van der Waals surface area (Å²) in [5.41, 5.74) is 1.32. The molecule has 8 heteroatoms. The maximum atomic E-state index is 12.6. The fourth-order valence-corrected chi connectivity index (χ4v) is 3.99. The second kappa shape index (κ2) is 7.17. The predicted molar refractivity (Wildman–Crippen MR) is 96.1 cm³/mol. The van der Waals surface area contributed by atoms with Gasteiger partial charge in [0.1, 0.15) is 18.1 Å². The maximum absolute atomic E-state index is 12.6. The van der Waals surface area contributed by atoms with Gasteiger partial charge in [-0.25, -0.2) is 13.4 Å². The number of aryl methyl sites for hydroxylation is 1. The molecule has 1 N–H and O–H groups in total. The van der Waals surface area contributed by atoms with Crippen molar-refractivity contribution in [3.05, 3.63) is 54.4 Å². The van der Waals surface area contributed by atoms with E-state index < -0.39 is 15.8 Å². The Morgan fingerprint density at radius 2 is 1.85 bits per heavy atom. The molecule has 0 spiro atoms. The highest BCUT2D eigenvalue weighted by atomic mass is 32.2. The zero-order valence-corrected chi connectivity index (χ0v) is 14.9. The van der Waals surface area contributed by atoms with Gasteiger partial charge in [0.15, 0.2) is 9.84 Å². The third kappa shape index (κ3) is 3.70. The monoisotopic (exact) mass is 374 g/mol. The Morgan fingerprint density at radius 3 is 2.50 bits per heavy atom. The van der Waals surface area contributed by atoms with E-state index in [1.807, 2.05) is 0 Å². The van der Waals surface area contributed by atoms with Crippen LogP contribution in [0.4, 0.5) is 0 Å². The van der Waals surface area contributed by atoms with Crippen molar-refractivity contribution in [3.63, 3.8) is 0 Å². The van der Waals surface area contributed by atoms with Crippen LogP contribution < -0.4 is 4.74 Å². The van der Waals surface area contributed by atoms with E-state index in [1.165, 1.54) is 19.2 Å². The molecule has 0 bridgehead atoms. The number of rotatable bonds is 7. The number of hydrogen-bond donors (Lipinski definition) is 1. The Labute approximate surface area is 150 Å². The van der Waals surface area contributed by atoms with Crippen LogP contribution in [0.2, 0.25) is 0 Å². The minimum atomic E-state index is -3.52. The molecule has 3 rings (SSSR count). The number of aromatic nitrogens is 2. The number of ether oxygens (including phenoxy) is 1. The molecule has 0 atom stereocenters. The molecule has 1 heterocycles. The van der Waals surface area contributed by atoms with Gasteiger partial charge in [0.05, 0.1) is 28.8 Å². The van der Waals surface area contributed by atoms with Crippen LogP contribution in [0.1, 0.15) is 5.82 Å². The van der Waals surface area contributed by atoms with Gasteiger partial charge in [-0.3, -0.25) is 4.79 Å². The predicted octanol–water partition coefficient (Wildman–Crippen LogP) is 2.15. The summed E-state index contributed by atoms with van der Waals surface area (Å²) in [5, 5.41) is 9.15. The van der Waals surface area contributed by atoms with Crippen molar-refractivity contribution in [2.75, 3.05) is 12.9 Å². The summed E-state index contributed by atoms with van der Waals surface area (Å²) in [5.74, 6) is -0.160. The highest BCUT2D eigenvalue weighted by Crippen LogP contribution is 2.20. The first kappa shape index (κ1) is 17.9. The number of para-hydroxylation sites is 2. The van der Waals surface area contributed by atoms with E-state index in [0.29, 0.717) is 22.6 Å². The van der Waals surface area contributed by atoms with E-state index in [1.54, 1.807) is 41.0 Å². The Bertz CT molecular complexity index is 1040. The topological polar surface area (TPSA) is 98.5 Å². The van der Waals surface area contributed by atoms with Gasteiger partial charge < -0.3 is 14.4 Å². The number of nitrogens with zero attached hydrogens (tertiary/aromatic N) is 2. The molecule has 0 aliphatic carbocycles. The van der Waals surface area contributed by atoms with Crippen molar-refractivity contribution in [3.8, 4) is 5.75 Å². The van der Waals surface area contributed by atoms with Crippen LogP contribution in [0.3, 0.4) is 0 Å². The van der Waals surface area contributed by atoms with Gasteiger partial charge in [0, 0.05) is 6.42 Å². The summed E-state index contributed by atoms with van der Waals surface area (Å²) in [6.45, 7) is -0.265. The molecule has 0 unspecified atom stereocenters. The molecule has 0 fully saturated rings. The van der Waals surface area contributed by atoms with Crippen molar-refractivity contribution < 1.29 is 23.1 Å². The molecule has 0 amide bonds. The van der Waals surface area contributed by atoms with E-state index >= 15 is 0 Å². The number of carboxylic acids is 1. The third-order valence-electron chi connectivity index (χ3n) is 4.04. The molecular weight excluding hydrogens is 356 g/mol. The van der Waals surface area contributed by atoms with Crippen LogP contribution >= 0.6 is 0 Å². The molecule has 0 aliphatic heterocycles. The third-order valence-corrected chi connectivity index (χ3v) is 5.77. The summed E-state index contributed by atoms with van der Waals surface area (Å²) in [6.07, 6.45) is 0.121. The number of fused-ring (bicyclic) bond motifs is 1. The molecule has 0 aliphatic rings. The Morgan fingerprint density at radius 1 is 1.15 bits per heavy atom. The Kier molecular flexibility index (Phi) is 4.94. The molecule has 26 heavy (non-hydrogen) atoms. The number of sulfone groups is 1. The van der Waals surface area contributed by atoms with Gasteiger partial charge in [0.2, 0.25) is 0 Å². The van der Waals surface area contributed by atoms with Crippen LogP contribution in [0, 0.1) is 0 Å². The summed E-state index contributed by atoms with van der Waals surface area (Å²) in [4.78, 5) is 15.8. The normalized spacial score (nSPS) is 11.6. The molecule has 7 nitrogen and oxygen atoms in total. The Hall–Kier alpha value is -2.87. The summed E-state index contributed by atoms with van der Waals surface area (Å²) in [7, 11) is -2.01. The molecule has 1 aromatic heterocycles. The molecule has 0 radical (unpaired) electrons. The number of methoxy groups -OCH3 is 1. The first-order valence-corrected chi connectivity index (χ1v) is 9.58. The lowest BCUT2D eigenvalue weighted by Gasteiger charge is -2.08. The smallest absolute Gasteiger partial charge is 0.323 e. The van der Waals surface area contributed by atoms with Crippen LogP contribution in [0.15, 0.2) is 53.4 Å². The second-order valence-electron chi connectivity index (χ2n) is 5.74. The number of carboxylic acid groups (broad SMARTS) is 1. The van der Waals surface area contributed by atoms with Gasteiger partial charge in [-0.1, -0.05) is 12.1 Å². The second-order valence-corrected chi connectivity index (χ2v) is 7.85. The number of hydrogen-bond acceptors (Lipinski definition) is 5. The average Bonchev–Trinajstić information content (AvgIpc) is 2.97. The van der Waals surface area contributed by atoms with E-state index in [-0.39, 0.29) is 23.6 Å². The van der Waals surface area contributed by atoms with E-state index in [0.717, 1.165) is 0 Å². The number of aliphatic carboxylic acids is 1. The molecular formula is C18H18N2O5S. The van der Waals surface area contributed by atoms with Crippen LogP contribution in [0.25, 0.3) is 11.0 Å². The minimum Gasteiger partial charge on any atom is -0.497 e. The van der Waals surface area contributed by atoms with Crippen molar-refractivity contribution in [1.82, 2.24) is 9.55 Å². The van der Waals surface area contributed by atoms with Gasteiger partial charge in [-0.05, 0) is 36.4 Å². The molecule has 3 aromatic rings. The molecule has 136 valence electrons.